The quantitative estimate of drug-likeness (QED) is 0.0684. The Balaban J connectivity index is 1.49. The number of pyridine rings is 2. The van der Waals surface area contributed by atoms with Gasteiger partial charge in [0.1, 0.15) is 33.6 Å². The highest BCUT2D eigenvalue weighted by Crippen LogP contribution is 2.27. The molecule has 0 bridgehead atoms. The summed E-state index contributed by atoms with van der Waals surface area (Å²) in [6.07, 6.45) is 5.30. The van der Waals surface area contributed by atoms with Crippen LogP contribution in [0, 0.1) is 0 Å². The predicted molar refractivity (Wildman–Crippen MR) is 196 cm³/mol. The monoisotopic (exact) mass is 722 g/mol. The van der Waals surface area contributed by atoms with Crippen LogP contribution < -0.4 is 31.7 Å². The second-order valence-corrected chi connectivity index (χ2v) is 12.0. The molecular weight excluding hydrogens is 688 g/mol. The first kappa shape index (κ1) is 35.8. The van der Waals surface area contributed by atoms with Gasteiger partial charge in [-0.2, -0.15) is 0 Å². The summed E-state index contributed by atoms with van der Waals surface area (Å²) in [5, 5.41) is 24.3. The van der Waals surface area contributed by atoms with E-state index in [1.165, 1.54) is 60.7 Å². The molecule has 0 saturated heterocycles. The highest BCUT2D eigenvalue weighted by atomic mass is 16.5. The highest BCUT2D eigenvalue weighted by molar-refractivity contribution is 5.90. The average Bonchev–Trinajstić information content (AvgIpc) is 3.65. The largest absolute Gasteiger partial charge is 0.492 e. The molecule has 0 atom stereocenters. The molecule has 0 radical (unpaired) electrons. The van der Waals surface area contributed by atoms with E-state index >= 15 is 0 Å². The fourth-order valence-corrected chi connectivity index (χ4v) is 5.59. The van der Waals surface area contributed by atoms with Gasteiger partial charge in [0.15, 0.2) is 0 Å². The molecule has 16 heteroatoms. The second-order valence-electron chi connectivity index (χ2n) is 12.0. The van der Waals surface area contributed by atoms with Gasteiger partial charge >= 0.3 is 11.9 Å². The molecule has 0 aliphatic carbocycles. The maximum atomic E-state index is 13.7. The third-order valence-electron chi connectivity index (χ3n) is 8.38. The molecular formula is C37H34N6O10. The highest BCUT2D eigenvalue weighted by Gasteiger charge is 2.22. The molecule has 0 spiro atoms. The third-order valence-corrected chi connectivity index (χ3v) is 8.38. The van der Waals surface area contributed by atoms with Crippen LogP contribution in [0.4, 0.5) is 0 Å². The first-order valence-corrected chi connectivity index (χ1v) is 16.7. The summed E-state index contributed by atoms with van der Waals surface area (Å²) >= 11 is 0. The molecule has 0 aliphatic heterocycles. The Bertz CT molecular complexity index is 2480. The van der Waals surface area contributed by atoms with Gasteiger partial charge in [0.2, 0.25) is 0 Å². The number of carboxylic acid groups (broad SMARTS) is 2. The number of nitrogens with zero attached hydrogens (tertiary/aromatic N) is 2. The van der Waals surface area contributed by atoms with Gasteiger partial charge in [-0.05, 0) is 73.5 Å². The van der Waals surface area contributed by atoms with Crippen molar-refractivity contribution in [2.45, 2.75) is 39.5 Å². The molecule has 6 rings (SSSR count). The number of H-pyrrole nitrogens is 4. The number of aromatic nitrogens is 6. The topological polar surface area (TPSA) is 234 Å². The van der Waals surface area contributed by atoms with E-state index in [-0.39, 0.29) is 69.0 Å². The first-order valence-electron chi connectivity index (χ1n) is 16.7. The third kappa shape index (κ3) is 6.98. The van der Waals surface area contributed by atoms with Crippen LogP contribution in [0.15, 0.2) is 73.4 Å². The van der Waals surface area contributed by atoms with Crippen molar-refractivity contribution in [3.8, 4) is 22.9 Å². The number of carboxylic acids is 2. The molecule has 0 saturated carbocycles. The second kappa shape index (κ2) is 15.0. The number of benzene rings is 2. The molecule has 53 heavy (non-hydrogen) atoms. The smallest absolute Gasteiger partial charge is 0.335 e. The fraction of sp³-hybridized carbons (Fsp3) is 0.216. The van der Waals surface area contributed by atoms with E-state index in [0.717, 1.165) is 22.2 Å². The summed E-state index contributed by atoms with van der Waals surface area (Å²) in [6.45, 7) is 4.27. The van der Waals surface area contributed by atoms with Crippen LogP contribution in [0.25, 0.3) is 45.6 Å². The van der Waals surface area contributed by atoms with Crippen molar-refractivity contribution >= 4 is 46.2 Å². The van der Waals surface area contributed by atoms with E-state index in [9.17, 15) is 39.0 Å². The molecule has 272 valence electrons. The van der Waals surface area contributed by atoms with Gasteiger partial charge in [-0.15, -0.1) is 5.73 Å². The average molecular weight is 723 g/mol. The molecule has 4 aromatic heterocycles. The predicted octanol–water partition coefficient (Wildman–Crippen LogP) is 4.41. The fourth-order valence-electron chi connectivity index (χ4n) is 5.59. The molecule has 4 heterocycles. The summed E-state index contributed by atoms with van der Waals surface area (Å²) in [4.78, 5) is 82.3. The van der Waals surface area contributed by atoms with Crippen LogP contribution in [0.3, 0.4) is 0 Å². The normalized spacial score (nSPS) is 11.1. The van der Waals surface area contributed by atoms with Crippen molar-refractivity contribution in [3.05, 3.63) is 118 Å². The standard InChI is InChI=1S/C37H34N6O10/c1-3-5-18-52-28-24(32(44)38-30-26(28)34(46)42(40-30)22-14-10-20(11-15-22)36(48)49)8-7-9-25-29(53-19-6-4-2)27-31(39-33(25)45)41-43(35(27)47)23-16-12-21(13-17-23)37(50)51/h8-17H,3-6,18-19H2,1-2H3,(H,48,49)(H,50,51)(H2,38,40,44)(H2,39,41,45). The number of rotatable bonds is 14. The van der Waals surface area contributed by atoms with Crippen LogP contribution in [0.1, 0.15) is 71.4 Å². The number of carbonyl (C=O) groups is 2. The Morgan fingerprint density at radius 1 is 0.660 bits per heavy atom. The number of aromatic amines is 4. The van der Waals surface area contributed by atoms with Crippen molar-refractivity contribution in [1.82, 2.24) is 29.5 Å². The number of unbranched alkanes of at least 4 members (excludes halogenated alkanes) is 2. The van der Waals surface area contributed by atoms with Gasteiger partial charge < -0.3 is 29.7 Å². The minimum absolute atomic E-state index is 0.0218. The van der Waals surface area contributed by atoms with E-state index in [0.29, 0.717) is 24.2 Å². The number of fused-ring (bicyclic) bond motifs is 2. The van der Waals surface area contributed by atoms with Gasteiger partial charge in [0.25, 0.3) is 22.2 Å². The SMILES string of the molecule is CCCCOc1c(C=C=Cc2c(OCCCC)c3c(=O)n(-c4ccc(C(=O)O)cc4)[nH]c3[nH]c2=O)c(=O)[nH]c2[nH]n(-c3ccc(C(=O)O)cc3)c(=O)c12. The Labute approximate surface area is 298 Å². The first-order chi connectivity index (χ1) is 25.5. The van der Waals surface area contributed by atoms with Gasteiger partial charge in [0.05, 0.1) is 46.8 Å². The molecule has 0 amide bonds. The minimum atomic E-state index is -1.13. The number of hydrogen-bond acceptors (Lipinski definition) is 8. The van der Waals surface area contributed by atoms with Crippen molar-refractivity contribution in [2.75, 3.05) is 13.2 Å². The van der Waals surface area contributed by atoms with Gasteiger partial charge in [0, 0.05) is 0 Å². The van der Waals surface area contributed by atoms with E-state index < -0.39 is 34.2 Å². The Hall–Kier alpha value is -7.06. The van der Waals surface area contributed by atoms with Crippen LogP contribution in [-0.4, -0.2) is 64.9 Å². The van der Waals surface area contributed by atoms with E-state index in [1.807, 2.05) is 13.8 Å². The zero-order valence-corrected chi connectivity index (χ0v) is 28.6. The van der Waals surface area contributed by atoms with E-state index in [2.05, 4.69) is 25.9 Å². The van der Waals surface area contributed by atoms with Crippen molar-refractivity contribution in [1.29, 1.82) is 0 Å². The Morgan fingerprint density at radius 3 is 1.38 bits per heavy atom. The summed E-state index contributed by atoms with van der Waals surface area (Å²) < 4.78 is 14.3. The zero-order chi connectivity index (χ0) is 37.8. The summed E-state index contributed by atoms with van der Waals surface area (Å²) in [6, 6.07) is 11.2. The van der Waals surface area contributed by atoms with E-state index in [1.54, 1.807) is 0 Å². The zero-order valence-electron chi connectivity index (χ0n) is 28.6. The maximum absolute atomic E-state index is 13.7. The molecule has 2 aromatic carbocycles. The van der Waals surface area contributed by atoms with Crippen molar-refractivity contribution in [2.24, 2.45) is 0 Å². The summed E-state index contributed by atoms with van der Waals surface area (Å²) in [5.41, 5.74) is 1.15. The lowest BCUT2D eigenvalue weighted by atomic mass is 10.1. The lowest BCUT2D eigenvalue weighted by molar-refractivity contribution is 0.0686. The van der Waals surface area contributed by atoms with Crippen LogP contribution in [-0.2, 0) is 0 Å². The lowest BCUT2D eigenvalue weighted by Gasteiger charge is -2.09. The van der Waals surface area contributed by atoms with E-state index in [4.69, 9.17) is 9.47 Å². The van der Waals surface area contributed by atoms with Gasteiger partial charge in [-0.3, -0.25) is 29.4 Å². The maximum Gasteiger partial charge on any atom is 0.335 e. The Kier molecular flexibility index (Phi) is 10.2. The number of hydrogen-bond donors (Lipinski definition) is 6. The molecule has 0 unspecified atom stereocenters. The van der Waals surface area contributed by atoms with Gasteiger partial charge in [-0.25, -0.2) is 19.0 Å². The molecule has 6 aromatic rings. The molecule has 0 fully saturated rings. The lowest BCUT2D eigenvalue weighted by Crippen LogP contribution is -2.17. The minimum Gasteiger partial charge on any atom is -0.492 e. The van der Waals surface area contributed by atoms with Crippen molar-refractivity contribution in [3.63, 3.8) is 0 Å². The molecule has 6 N–H and O–H groups in total. The van der Waals surface area contributed by atoms with Crippen LogP contribution in [0.5, 0.6) is 11.5 Å². The van der Waals surface area contributed by atoms with Crippen molar-refractivity contribution < 1.29 is 29.3 Å². The van der Waals surface area contributed by atoms with Gasteiger partial charge in [-0.1, -0.05) is 26.7 Å². The number of aromatic carboxylic acids is 2. The number of nitrogens with one attached hydrogen (secondary N) is 4. The molecule has 16 nitrogen and oxygen atoms in total. The summed E-state index contributed by atoms with van der Waals surface area (Å²) in [5.74, 6) is -2.30. The Morgan fingerprint density at radius 2 is 1.04 bits per heavy atom. The summed E-state index contributed by atoms with van der Waals surface area (Å²) in [7, 11) is 0. The molecule has 0 aliphatic rings. The number of ether oxygens (including phenoxy) is 2. The van der Waals surface area contributed by atoms with Crippen LogP contribution >= 0.6 is 0 Å². The van der Waals surface area contributed by atoms with Crippen LogP contribution in [0.2, 0.25) is 0 Å².